The third kappa shape index (κ3) is 3.38. The molecule has 0 heterocycles. The summed E-state index contributed by atoms with van der Waals surface area (Å²) in [5, 5.41) is 13.3. The third-order valence-electron chi connectivity index (χ3n) is 3.98. The molecule has 1 aromatic rings. The van der Waals surface area contributed by atoms with Crippen LogP contribution >= 0.6 is 0 Å². The summed E-state index contributed by atoms with van der Waals surface area (Å²) in [6, 6.07) is 6.86. The molecule has 2 rings (SSSR count). The first-order valence-corrected chi connectivity index (χ1v) is 8.34. The standard InChI is InChI=1S/C14H22N2O3S/c1-11(16-10-14(17)8-3-9-14)12-4-6-13(7-5-12)20(18,19)15-2/h4-7,11,15-17H,3,8-10H2,1-2H3. The summed E-state index contributed by atoms with van der Waals surface area (Å²) in [4.78, 5) is 0.258. The minimum absolute atomic E-state index is 0.0750. The maximum atomic E-state index is 11.6. The third-order valence-corrected chi connectivity index (χ3v) is 5.41. The van der Waals surface area contributed by atoms with Gasteiger partial charge >= 0.3 is 0 Å². The Morgan fingerprint density at radius 1 is 1.30 bits per heavy atom. The van der Waals surface area contributed by atoms with Crippen molar-refractivity contribution in [2.24, 2.45) is 0 Å². The Labute approximate surface area is 120 Å². The van der Waals surface area contributed by atoms with Crippen molar-refractivity contribution in [2.45, 2.75) is 42.7 Å². The predicted octanol–water partition coefficient (Wildman–Crippen LogP) is 1.16. The molecule has 6 heteroatoms. The van der Waals surface area contributed by atoms with E-state index in [1.165, 1.54) is 7.05 Å². The lowest BCUT2D eigenvalue weighted by Crippen LogP contribution is -2.46. The molecule has 5 nitrogen and oxygen atoms in total. The SMILES string of the molecule is CNS(=O)(=O)c1ccc(C(C)NCC2(O)CCC2)cc1. The number of aliphatic hydroxyl groups is 1. The first kappa shape index (κ1) is 15.4. The van der Waals surface area contributed by atoms with Gasteiger partial charge in [-0.2, -0.15) is 0 Å². The van der Waals surface area contributed by atoms with Crippen LogP contribution in [0.5, 0.6) is 0 Å². The van der Waals surface area contributed by atoms with Crippen LogP contribution in [0, 0.1) is 0 Å². The number of hydrogen-bond donors (Lipinski definition) is 3. The average molecular weight is 298 g/mol. The monoisotopic (exact) mass is 298 g/mol. The summed E-state index contributed by atoms with van der Waals surface area (Å²) in [6.45, 7) is 2.58. The molecule has 0 radical (unpaired) electrons. The van der Waals surface area contributed by atoms with Gasteiger partial charge in [-0.25, -0.2) is 13.1 Å². The zero-order valence-electron chi connectivity index (χ0n) is 11.9. The van der Waals surface area contributed by atoms with Gasteiger partial charge in [0.1, 0.15) is 0 Å². The molecule has 3 N–H and O–H groups in total. The van der Waals surface area contributed by atoms with E-state index < -0.39 is 15.6 Å². The first-order valence-electron chi connectivity index (χ1n) is 6.86. The molecule has 1 aliphatic carbocycles. The normalized spacial score (nSPS) is 19.4. The van der Waals surface area contributed by atoms with Crippen LogP contribution in [0.2, 0.25) is 0 Å². The van der Waals surface area contributed by atoms with E-state index in [-0.39, 0.29) is 10.9 Å². The van der Waals surface area contributed by atoms with Crippen LogP contribution in [0.3, 0.4) is 0 Å². The molecule has 1 aliphatic rings. The Morgan fingerprint density at radius 3 is 2.35 bits per heavy atom. The number of hydrogen-bond acceptors (Lipinski definition) is 4. The molecule has 0 aromatic heterocycles. The Hall–Kier alpha value is -0.950. The lowest BCUT2D eigenvalue weighted by atomic mass is 9.80. The topological polar surface area (TPSA) is 78.4 Å². The maximum absolute atomic E-state index is 11.6. The van der Waals surface area contributed by atoms with E-state index in [2.05, 4.69) is 10.0 Å². The van der Waals surface area contributed by atoms with Gasteiger partial charge in [0, 0.05) is 12.6 Å². The van der Waals surface area contributed by atoms with Gasteiger partial charge < -0.3 is 10.4 Å². The van der Waals surface area contributed by atoms with Crippen LogP contribution < -0.4 is 10.0 Å². The van der Waals surface area contributed by atoms with Crippen LogP contribution in [-0.4, -0.2) is 32.7 Å². The van der Waals surface area contributed by atoms with Crippen molar-refractivity contribution in [1.82, 2.24) is 10.0 Å². The first-order chi connectivity index (χ1) is 9.36. The van der Waals surface area contributed by atoms with Crippen molar-refractivity contribution in [1.29, 1.82) is 0 Å². The van der Waals surface area contributed by atoms with E-state index in [9.17, 15) is 13.5 Å². The molecule has 0 aliphatic heterocycles. The summed E-state index contributed by atoms with van der Waals surface area (Å²) in [7, 11) is -1.99. The molecule has 1 unspecified atom stereocenters. The zero-order chi connectivity index (χ0) is 14.8. The van der Waals surface area contributed by atoms with Gasteiger partial charge in [-0.15, -0.1) is 0 Å². The van der Waals surface area contributed by atoms with Gasteiger partial charge in [-0.1, -0.05) is 12.1 Å². The van der Waals surface area contributed by atoms with Crippen molar-refractivity contribution in [2.75, 3.05) is 13.6 Å². The second-order valence-corrected chi connectivity index (χ2v) is 7.34. The molecule has 0 bridgehead atoms. The van der Waals surface area contributed by atoms with Crippen molar-refractivity contribution in [3.63, 3.8) is 0 Å². The van der Waals surface area contributed by atoms with E-state index in [1.54, 1.807) is 24.3 Å². The highest BCUT2D eigenvalue weighted by Crippen LogP contribution is 2.31. The molecule has 1 aromatic carbocycles. The fraction of sp³-hybridized carbons (Fsp3) is 0.571. The number of rotatable bonds is 6. The lowest BCUT2D eigenvalue weighted by Gasteiger charge is -2.37. The fourth-order valence-corrected chi connectivity index (χ4v) is 3.01. The minimum Gasteiger partial charge on any atom is -0.389 e. The molecule has 1 fully saturated rings. The van der Waals surface area contributed by atoms with Gasteiger partial charge in [-0.05, 0) is 50.9 Å². The largest absolute Gasteiger partial charge is 0.389 e. The quantitative estimate of drug-likeness (QED) is 0.736. The van der Waals surface area contributed by atoms with Crippen LogP contribution in [0.1, 0.15) is 37.8 Å². The number of sulfonamides is 1. The predicted molar refractivity (Wildman–Crippen MR) is 77.9 cm³/mol. The Bertz CT molecular complexity index is 550. The summed E-state index contributed by atoms with van der Waals surface area (Å²) in [5.74, 6) is 0. The van der Waals surface area contributed by atoms with Crippen molar-refractivity contribution in [3.8, 4) is 0 Å². The van der Waals surface area contributed by atoms with Crippen LogP contribution in [0.4, 0.5) is 0 Å². The van der Waals surface area contributed by atoms with Crippen LogP contribution in [0.15, 0.2) is 29.2 Å². The van der Waals surface area contributed by atoms with Crippen molar-refractivity contribution < 1.29 is 13.5 Å². The van der Waals surface area contributed by atoms with Gasteiger partial charge in [-0.3, -0.25) is 0 Å². The Balaban J connectivity index is 1.98. The van der Waals surface area contributed by atoms with Crippen molar-refractivity contribution >= 4 is 10.0 Å². The molecular weight excluding hydrogens is 276 g/mol. The molecule has 0 saturated heterocycles. The minimum atomic E-state index is -3.38. The molecule has 0 spiro atoms. The molecule has 0 amide bonds. The summed E-state index contributed by atoms with van der Waals surface area (Å²) < 4.78 is 25.5. The van der Waals surface area contributed by atoms with E-state index >= 15 is 0 Å². The Kier molecular flexibility index (Phi) is 4.49. The van der Waals surface area contributed by atoms with Crippen LogP contribution in [-0.2, 0) is 10.0 Å². The van der Waals surface area contributed by atoms with E-state index in [0.29, 0.717) is 6.54 Å². The van der Waals surface area contributed by atoms with E-state index in [1.807, 2.05) is 6.92 Å². The van der Waals surface area contributed by atoms with Gasteiger partial charge in [0.2, 0.25) is 10.0 Å². The van der Waals surface area contributed by atoms with Gasteiger partial charge in [0.25, 0.3) is 0 Å². The van der Waals surface area contributed by atoms with Crippen LogP contribution in [0.25, 0.3) is 0 Å². The highest BCUT2D eigenvalue weighted by molar-refractivity contribution is 7.89. The smallest absolute Gasteiger partial charge is 0.240 e. The zero-order valence-corrected chi connectivity index (χ0v) is 12.7. The summed E-state index contributed by atoms with van der Waals surface area (Å²) in [6.07, 6.45) is 2.79. The lowest BCUT2D eigenvalue weighted by molar-refractivity contribution is -0.0329. The second kappa shape index (κ2) is 5.81. The summed E-state index contributed by atoms with van der Waals surface area (Å²) >= 11 is 0. The second-order valence-electron chi connectivity index (χ2n) is 5.46. The highest BCUT2D eigenvalue weighted by Gasteiger charge is 2.34. The van der Waals surface area contributed by atoms with Crippen molar-refractivity contribution in [3.05, 3.63) is 29.8 Å². The van der Waals surface area contributed by atoms with Gasteiger partial charge in [0.15, 0.2) is 0 Å². The average Bonchev–Trinajstić information content (AvgIpc) is 2.42. The number of benzene rings is 1. The fourth-order valence-electron chi connectivity index (χ4n) is 2.28. The highest BCUT2D eigenvalue weighted by atomic mass is 32.2. The number of nitrogens with one attached hydrogen (secondary N) is 2. The van der Waals surface area contributed by atoms with E-state index in [0.717, 1.165) is 24.8 Å². The molecule has 20 heavy (non-hydrogen) atoms. The molecule has 112 valence electrons. The molecule has 1 saturated carbocycles. The summed E-state index contributed by atoms with van der Waals surface area (Å²) in [5.41, 5.74) is 0.451. The Morgan fingerprint density at radius 2 is 1.90 bits per heavy atom. The molecule has 1 atom stereocenters. The maximum Gasteiger partial charge on any atom is 0.240 e. The van der Waals surface area contributed by atoms with Gasteiger partial charge in [0.05, 0.1) is 10.5 Å². The molecular formula is C14H22N2O3S. The van der Waals surface area contributed by atoms with E-state index in [4.69, 9.17) is 0 Å².